The van der Waals surface area contributed by atoms with E-state index in [0.717, 1.165) is 12.5 Å². The summed E-state index contributed by atoms with van der Waals surface area (Å²) in [6.45, 7) is 5.76. The molecule has 1 fully saturated rings. The lowest BCUT2D eigenvalue weighted by Gasteiger charge is -2.20. The smallest absolute Gasteiger partial charge is 0.129 e. The van der Waals surface area contributed by atoms with E-state index in [9.17, 15) is 0 Å². The van der Waals surface area contributed by atoms with Crippen LogP contribution >= 0.6 is 11.6 Å². The van der Waals surface area contributed by atoms with E-state index in [1.807, 2.05) is 6.07 Å². The number of halogens is 1. The highest BCUT2D eigenvalue weighted by atomic mass is 35.5. The first-order chi connectivity index (χ1) is 8.78. The third-order valence-electron chi connectivity index (χ3n) is 3.83. The van der Waals surface area contributed by atoms with Gasteiger partial charge in [0.05, 0.1) is 0 Å². The van der Waals surface area contributed by atoms with Gasteiger partial charge in [0.1, 0.15) is 5.15 Å². The van der Waals surface area contributed by atoms with Gasteiger partial charge in [-0.3, -0.25) is 4.90 Å². The first kappa shape index (κ1) is 13.8. The molecule has 0 radical (unpaired) electrons. The molecule has 3 heteroatoms. The van der Waals surface area contributed by atoms with Gasteiger partial charge in [-0.2, -0.15) is 0 Å². The molecule has 0 saturated carbocycles. The van der Waals surface area contributed by atoms with E-state index in [1.54, 1.807) is 6.20 Å². The largest absolute Gasteiger partial charge is 0.299 e. The van der Waals surface area contributed by atoms with Crippen molar-refractivity contribution in [1.82, 2.24) is 9.88 Å². The molecule has 0 amide bonds. The van der Waals surface area contributed by atoms with E-state index in [2.05, 4.69) is 22.9 Å². The fourth-order valence-electron chi connectivity index (χ4n) is 2.88. The number of likely N-dealkylation sites (tertiary alicyclic amines) is 1. The van der Waals surface area contributed by atoms with Crippen LogP contribution in [0, 0.1) is 5.92 Å². The van der Waals surface area contributed by atoms with E-state index in [4.69, 9.17) is 11.6 Å². The minimum absolute atomic E-state index is 0.603. The number of hydrogen-bond acceptors (Lipinski definition) is 2. The van der Waals surface area contributed by atoms with Gasteiger partial charge in [0.15, 0.2) is 0 Å². The lowest BCUT2D eigenvalue weighted by molar-refractivity contribution is 0.271. The summed E-state index contributed by atoms with van der Waals surface area (Å²) in [6.07, 6.45) is 8.62. The number of rotatable bonds is 4. The summed E-state index contributed by atoms with van der Waals surface area (Å²) >= 11 is 5.93. The van der Waals surface area contributed by atoms with Crippen LogP contribution < -0.4 is 0 Å². The Morgan fingerprint density at radius 2 is 2.28 bits per heavy atom. The maximum absolute atomic E-state index is 5.93. The van der Waals surface area contributed by atoms with E-state index < -0.39 is 0 Å². The SMILES string of the molecule is CCCC1CCCN(Cc2ccnc(Cl)c2)CC1. The first-order valence-electron chi connectivity index (χ1n) is 7.10. The Bertz CT molecular complexity index is 367. The van der Waals surface area contributed by atoms with Crippen LogP contribution in [-0.2, 0) is 6.54 Å². The summed E-state index contributed by atoms with van der Waals surface area (Å²) in [5.41, 5.74) is 1.28. The van der Waals surface area contributed by atoms with Crippen molar-refractivity contribution >= 4 is 11.6 Å². The minimum atomic E-state index is 0.603. The first-order valence-corrected chi connectivity index (χ1v) is 7.48. The highest BCUT2D eigenvalue weighted by molar-refractivity contribution is 6.29. The van der Waals surface area contributed by atoms with Crippen LogP contribution in [-0.4, -0.2) is 23.0 Å². The van der Waals surface area contributed by atoms with Crippen molar-refractivity contribution in [2.24, 2.45) is 5.92 Å². The molecule has 1 unspecified atom stereocenters. The van der Waals surface area contributed by atoms with Crippen molar-refractivity contribution in [2.45, 2.75) is 45.6 Å². The zero-order valence-corrected chi connectivity index (χ0v) is 12.0. The molecule has 1 aliphatic heterocycles. The fourth-order valence-corrected chi connectivity index (χ4v) is 3.08. The average molecular weight is 267 g/mol. The topological polar surface area (TPSA) is 16.1 Å². The number of pyridine rings is 1. The Balaban J connectivity index is 1.87. The third kappa shape index (κ3) is 4.25. The summed E-state index contributed by atoms with van der Waals surface area (Å²) in [5, 5.41) is 0.603. The molecule has 2 rings (SSSR count). The Morgan fingerprint density at radius 3 is 3.06 bits per heavy atom. The second-order valence-electron chi connectivity index (χ2n) is 5.35. The molecule has 1 aliphatic rings. The second-order valence-corrected chi connectivity index (χ2v) is 5.74. The third-order valence-corrected chi connectivity index (χ3v) is 4.04. The molecule has 0 bridgehead atoms. The Labute approximate surface area is 115 Å². The second kappa shape index (κ2) is 7.10. The van der Waals surface area contributed by atoms with E-state index in [-0.39, 0.29) is 0 Å². The highest BCUT2D eigenvalue weighted by Crippen LogP contribution is 2.23. The van der Waals surface area contributed by atoms with Gasteiger partial charge in [-0.05, 0) is 56.0 Å². The van der Waals surface area contributed by atoms with Crippen LogP contribution in [0.25, 0.3) is 0 Å². The van der Waals surface area contributed by atoms with Crippen molar-refractivity contribution in [3.8, 4) is 0 Å². The van der Waals surface area contributed by atoms with Gasteiger partial charge in [0, 0.05) is 12.7 Å². The Hall–Kier alpha value is -0.600. The van der Waals surface area contributed by atoms with Gasteiger partial charge in [0.25, 0.3) is 0 Å². The Kier molecular flexibility index (Phi) is 5.45. The molecular weight excluding hydrogens is 244 g/mol. The summed E-state index contributed by atoms with van der Waals surface area (Å²) in [5.74, 6) is 0.945. The summed E-state index contributed by atoms with van der Waals surface area (Å²) in [4.78, 5) is 6.59. The molecule has 0 spiro atoms. The van der Waals surface area contributed by atoms with Gasteiger partial charge >= 0.3 is 0 Å². The maximum atomic E-state index is 5.93. The molecule has 0 aliphatic carbocycles. The summed E-state index contributed by atoms with van der Waals surface area (Å²) < 4.78 is 0. The molecular formula is C15H23ClN2. The average Bonchev–Trinajstić information content (AvgIpc) is 2.56. The van der Waals surface area contributed by atoms with Gasteiger partial charge in [-0.1, -0.05) is 31.4 Å². The van der Waals surface area contributed by atoms with Crippen LogP contribution in [0.3, 0.4) is 0 Å². The van der Waals surface area contributed by atoms with Crippen LogP contribution in [0.2, 0.25) is 5.15 Å². The quantitative estimate of drug-likeness (QED) is 0.762. The van der Waals surface area contributed by atoms with Crippen molar-refractivity contribution in [3.05, 3.63) is 29.0 Å². The van der Waals surface area contributed by atoms with Crippen molar-refractivity contribution < 1.29 is 0 Å². The number of hydrogen-bond donors (Lipinski definition) is 0. The van der Waals surface area contributed by atoms with Gasteiger partial charge in [0.2, 0.25) is 0 Å². The molecule has 0 aromatic carbocycles. The highest BCUT2D eigenvalue weighted by Gasteiger charge is 2.16. The zero-order chi connectivity index (χ0) is 12.8. The predicted molar refractivity (Wildman–Crippen MR) is 76.8 cm³/mol. The monoisotopic (exact) mass is 266 g/mol. The van der Waals surface area contributed by atoms with Crippen LogP contribution in [0.5, 0.6) is 0 Å². The van der Waals surface area contributed by atoms with Gasteiger partial charge in [-0.15, -0.1) is 0 Å². The predicted octanol–water partition coefficient (Wildman–Crippen LogP) is 4.14. The van der Waals surface area contributed by atoms with E-state index >= 15 is 0 Å². The van der Waals surface area contributed by atoms with Crippen molar-refractivity contribution in [1.29, 1.82) is 0 Å². The fraction of sp³-hybridized carbons (Fsp3) is 0.667. The van der Waals surface area contributed by atoms with Gasteiger partial charge in [-0.25, -0.2) is 4.98 Å². The molecule has 2 heterocycles. The maximum Gasteiger partial charge on any atom is 0.129 e. The lowest BCUT2D eigenvalue weighted by Crippen LogP contribution is -2.24. The molecule has 2 nitrogen and oxygen atoms in total. The number of nitrogens with zero attached hydrogens (tertiary/aromatic N) is 2. The van der Waals surface area contributed by atoms with Crippen LogP contribution in [0.1, 0.15) is 44.6 Å². The normalized spacial score (nSPS) is 21.8. The van der Waals surface area contributed by atoms with Gasteiger partial charge < -0.3 is 0 Å². The molecule has 1 atom stereocenters. The molecule has 1 saturated heterocycles. The van der Waals surface area contributed by atoms with Crippen molar-refractivity contribution in [2.75, 3.05) is 13.1 Å². The minimum Gasteiger partial charge on any atom is -0.299 e. The lowest BCUT2D eigenvalue weighted by atomic mass is 9.96. The number of aromatic nitrogens is 1. The molecule has 100 valence electrons. The summed E-state index contributed by atoms with van der Waals surface area (Å²) in [7, 11) is 0. The molecule has 18 heavy (non-hydrogen) atoms. The van der Waals surface area contributed by atoms with E-state index in [0.29, 0.717) is 5.15 Å². The standard InChI is InChI=1S/C15H23ClN2/c1-2-4-13-5-3-9-18(10-7-13)12-14-6-8-17-15(16)11-14/h6,8,11,13H,2-5,7,9-10,12H2,1H3. The van der Waals surface area contributed by atoms with Crippen molar-refractivity contribution in [3.63, 3.8) is 0 Å². The van der Waals surface area contributed by atoms with Crippen LogP contribution in [0.4, 0.5) is 0 Å². The zero-order valence-electron chi connectivity index (χ0n) is 11.2. The van der Waals surface area contributed by atoms with Crippen LogP contribution in [0.15, 0.2) is 18.3 Å². The Morgan fingerprint density at radius 1 is 1.39 bits per heavy atom. The molecule has 1 aromatic heterocycles. The molecule has 0 N–H and O–H groups in total. The summed E-state index contributed by atoms with van der Waals surface area (Å²) in [6, 6.07) is 4.05. The van der Waals surface area contributed by atoms with E-state index in [1.165, 1.54) is 50.8 Å². The molecule has 1 aromatic rings.